The lowest BCUT2D eigenvalue weighted by Gasteiger charge is -2.21. The average molecular weight is 366 g/mol. The highest BCUT2D eigenvalue weighted by Gasteiger charge is 2.19. The minimum absolute atomic E-state index is 0.141. The topological polar surface area (TPSA) is 64.7 Å². The van der Waals surface area contributed by atoms with Crippen LogP contribution in [0.4, 0.5) is 0 Å². The quantitative estimate of drug-likeness (QED) is 0.571. The molecule has 2 heterocycles. The lowest BCUT2D eigenvalue weighted by Crippen LogP contribution is -2.32. The number of rotatable bonds is 8. The lowest BCUT2D eigenvalue weighted by molar-refractivity contribution is -0.143. The molecule has 0 aliphatic heterocycles. The Morgan fingerprint density at radius 1 is 1.07 bits per heavy atom. The van der Waals surface area contributed by atoms with E-state index in [0.29, 0.717) is 24.5 Å². The number of nitrogens with zero attached hydrogens (tertiary/aromatic N) is 2. The van der Waals surface area contributed by atoms with E-state index in [4.69, 9.17) is 9.15 Å². The number of benzene rings is 1. The molecule has 140 valence electrons. The number of furan rings is 1. The van der Waals surface area contributed by atoms with E-state index in [2.05, 4.69) is 0 Å². The summed E-state index contributed by atoms with van der Waals surface area (Å²) in [5, 5.41) is 0. The van der Waals surface area contributed by atoms with Crippen LogP contribution in [-0.2, 0) is 16.1 Å². The van der Waals surface area contributed by atoms with Gasteiger partial charge in [0.1, 0.15) is 5.76 Å². The number of aromatic nitrogens is 1. The number of ether oxygens (including phenoxy) is 1. The molecule has 1 aromatic carbocycles. The number of carbonyl (C=O) groups excluding carboxylic acids is 2. The second-order valence-corrected chi connectivity index (χ2v) is 6.00. The van der Waals surface area contributed by atoms with Gasteiger partial charge >= 0.3 is 5.97 Å². The maximum Gasteiger partial charge on any atom is 0.307 e. The van der Waals surface area contributed by atoms with E-state index in [-0.39, 0.29) is 24.8 Å². The fourth-order valence-electron chi connectivity index (χ4n) is 2.77. The molecule has 0 atom stereocenters. The van der Waals surface area contributed by atoms with Gasteiger partial charge in [-0.1, -0.05) is 0 Å². The van der Waals surface area contributed by atoms with Crippen LogP contribution in [0.25, 0.3) is 5.69 Å². The first-order valence-corrected chi connectivity index (χ1v) is 8.88. The van der Waals surface area contributed by atoms with Crippen molar-refractivity contribution < 1.29 is 18.7 Å². The average Bonchev–Trinajstić information content (AvgIpc) is 3.39. The van der Waals surface area contributed by atoms with E-state index in [1.165, 1.54) is 0 Å². The van der Waals surface area contributed by atoms with Gasteiger partial charge in [0.15, 0.2) is 0 Å². The largest absolute Gasteiger partial charge is 0.467 e. The molecule has 0 aliphatic carbocycles. The number of amides is 1. The van der Waals surface area contributed by atoms with E-state index < -0.39 is 0 Å². The van der Waals surface area contributed by atoms with Crippen LogP contribution in [0.3, 0.4) is 0 Å². The van der Waals surface area contributed by atoms with Crippen molar-refractivity contribution in [2.24, 2.45) is 0 Å². The van der Waals surface area contributed by atoms with Crippen LogP contribution in [0.2, 0.25) is 0 Å². The summed E-state index contributed by atoms with van der Waals surface area (Å²) >= 11 is 0. The summed E-state index contributed by atoms with van der Waals surface area (Å²) in [6, 6.07) is 14.8. The lowest BCUT2D eigenvalue weighted by atomic mass is 10.1. The molecule has 0 saturated carbocycles. The van der Waals surface area contributed by atoms with E-state index in [9.17, 15) is 9.59 Å². The van der Waals surface area contributed by atoms with Gasteiger partial charge in [-0.05, 0) is 55.5 Å². The van der Waals surface area contributed by atoms with Crippen LogP contribution in [0, 0.1) is 0 Å². The molecule has 6 nitrogen and oxygen atoms in total. The van der Waals surface area contributed by atoms with Crippen molar-refractivity contribution in [3.8, 4) is 5.69 Å². The summed E-state index contributed by atoms with van der Waals surface area (Å²) in [4.78, 5) is 26.3. The molecule has 0 aliphatic rings. The normalized spacial score (nSPS) is 10.6. The predicted octanol–water partition coefficient (Wildman–Crippen LogP) is 3.67. The summed E-state index contributed by atoms with van der Waals surface area (Å²) in [5.74, 6) is 0.184. The first-order chi connectivity index (χ1) is 13.2. The van der Waals surface area contributed by atoms with Crippen molar-refractivity contribution in [1.82, 2.24) is 9.47 Å². The molecular formula is C21H22N2O4. The number of hydrogen-bond acceptors (Lipinski definition) is 4. The van der Waals surface area contributed by atoms with Gasteiger partial charge in [0.25, 0.3) is 5.91 Å². The Labute approximate surface area is 158 Å². The molecule has 0 fully saturated rings. The summed E-state index contributed by atoms with van der Waals surface area (Å²) in [5.41, 5.74) is 1.53. The molecule has 0 radical (unpaired) electrons. The molecule has 0 unspecified atom stereocenters. The van der Waals surface area contributed by atoms with Crippen molar-refractivity contribution in [3.63, 3.8) is 0 Å². The van der Waals surface area contributed by atoms with Crippen molar-refractivity contribution in [1.29, 1.82) is 0 Å². The van der Waals surface area contributed by atoms with Crippen LogP contribution < -0.4 is 0 Å². The molecule has 3 aromatic rings. The van der Waals surface area contributed by atoms with Gasteiger partial charge in [-0.3, -0.25) is 9.59 Å². The van der Waals surface area contributed by atoms with E-state index in [1.54, 1.807) is 42.4 Å². The van der Waals surface area contributed by atoms with Crippen LogP contribution >= 0.6 is 0 Å². The van der Waals surface area contributed by atoms with Crippen molar-refractivity contribution in [2.45, 2.75) is 19.9 Å². The second-order valence-electron chi connectivity index (χ2n) is 6.00. The van der Waals surface area contributed by atoms with Crippen molar-refractivity contribution in [2.75, 3.05) is 13.2 Å². The molecule has 0 spiro atoms. The van der Waals surface area contributed by atoms with Gasteiger partial charge in [-0.15, -0.1) is 0 Å². The van der Waals surface area contributed by atoms with Crippen LogP contribution in [0.1, 0.15) is 29.5 Å². The fraction of sp³-hybridized carbons (Fsp3) is 0.238. The molecule has 0 saturated heterocycles. The fourth-order valence-corrected chi connectivity index (χ4v) is 2.77. The van der Waals surface area contributed by atoms with E-state index in [0.717, 1.165) is 5.69 Å². The SMILES string of the molecule is CCOC(=O)CCN(Cc1ccco1)C(=O)c1ccc(-n2cccc2)cc1. The van der Waals surface area contributed by atoms with Crippen LogP contribution in [0.15, 0.2) is 71.6 Å². The van der Waals surface area contributed by atoms with Gasteiger partial charge in [0.2, 0.25) is 0 Å². The minimum atomic E-state index is -0.322. The smallest absolute Gasteiger partial charge is 0.307 e. The Balaban J connectivity index is 1.73. The molecular weight excluding hydrogens is 344 g/mol. The summed E-state index contributed by atoms with van der Waals surface area (Å²) < 4.78 is 12.3. The standard InChI is InChI=1S/C21H22N2O4/c1-2-26-20(24)11-14-23(16-19-6-5-15-27-19)21(25)17-7-9-18(10-8-17)22-12-3-4-13-22/h3-10,12-13,15H,2,11,14,16H2,1H3. The third-order valence-electron chi connectivity index (χ3n) is 4.12. The van der Waals surface area contributed by atoms with E-state index >= 15 is 0 Å². The highest BCUT2D eigenvalue weighted by atomic mass is 16.5. The van der Waals surface area contributed by atoms with Gasteiger partial charge in [-0.2, -0.15) is 0 Å². The molecule has 1 amide bonds. The van der Waals surface area contributed by atoms with Gasteiger partial charge < -0.3 is 18.6 Å². The Hall–Kier alpha value is -3.28. The zero-order valence-electron chi connectivity index (χ0n) is 15.2. The van der Waals surface area contributed by atoms with Crippen molar-refractivity contribution >= 4 is 11.9 Å². The van der Waals surface area contributed by atoms with Crippen LogP contribution in [0.5, 0.6) is 0 Å². The Kier molecular flexibility index (Phi) is 6.10. The third kappa shape index (κ3) is 4.88. The zero-order chi connectivity index (χ0) is 19.1. The Bertz CT molecular complexity index is 852. The number of hydrogen-bond donors (Lipinski definition) is 0. The van der Waals surface area contributed by atoms with Gasteiger partial charge in [0, 0.05) is 30.2 Å². The first-order valence-electron chi connectivity index (χ1n) is 8.88. The molecule has 3 rings (SSSR count). The van der Waals surface area contributed by atoms with E-state index in [1.807, 2.05) is 41.2 Å². The Morgan fingerprint density at radius 3 is 2.44 bits per heavy atom. The second kappa shape index (κ2) is 8.89. The molecule has 0 N–H and O–H groups in total. The molecule has 6 heteroatoms. The maximum absolute atomic E-state index is 13.0. The van der Waals surface area contributed by atoms with Gasteiger partial charge in [-0.25, -0.2) is 0 Å². The zero-order valence-corrected chi connectivity index (χ0v) is 15.2. The molecule has 27 heavy (non-hydrogen) atoms. The Morgan fingerprint density at radius 2 is 1.81 bits per heavy atom. The van der Waals surface area contributed by atoms with Crippen LogP contribution in [-0.4, -0.2) is 34.5 Å². The summed E-state index contributed by atoms with van der Waals surface area (Å²) in [6.45, 7) is 2.64. The maximum atomic E-state index is 13.0. The third-order valence-corrected chi connectivity index (χ3v) is 4.12. The minimum Gasteiger partial charge on any atom is -0.467 e. The van der Waals surface area contributed by atoms with Gasteiger partial charge in [0.05, 0.1) is 25.8 Å². The summed E-state index contributed by atoms with van der Waals surface area (Å²) in [7, 11) is 0. The monoisotopic (exact) mass is 366 g/mol. The molecule has 2 aromatic heterocycles. The predicted molar refractivity (Wildman–Crippen MR) is 100 cm³/mol. The first kappa shape index (κ1) is 18.5. The highest BCUT2D eigenvalue weighted by molar-refractivity contribution is 5.94. The number of esters is 1. The summed E-state index contributed by atoms with van der Waals surface area (Å²) in [6.07, 6.45) is 5.59. The number of carbonyl (C=O) groups is 2. The van der Waals surface area contributed by atoms with Crippen molar-refractivity contribution in [3.05, 3.63) is 78.5 Å². The highest BCUT2D eigenvalue weighted by Crippen LogP contribution is 2.15. The molecule has 0 bridgehead atoms.